The van der Waals surface area contributed by atoms with Crippen molar-refractivity contribution in [2.24, 2.45) is 5.73 Å². The Balaban J connectivity index is 1.73. The number of rotatable bonds is 6. The molecule has 0 bridgehead atoms. The van der Waals surface area contributed by atoms with Crippen molar-refractivity contribution in [2.75, 3.05) is 22.5 Å². The first-order valence-corrected chi connectivity index (χ1v) is 11.0. The molecule has 1 aromatic carbocycles. The molecular weight excluding hydrogens is 452 g/mol. The molecule has 11 heteroatoms. The molecule has 0 fully saturated rings. The summed E-state index contributed by atoms with van der Waals surface area (Å²) in [5.41, 5.74) is 9.40. The lowest BCUT2D eigenvalue weighted by Crippen LogP contribution is -2.34. The minimum Gasteiger partial charge on any atom is -0.444 e. The topological polar surface area (TPSA) is 167 Å². The van der Waals surface area contributed by atoms with Crippen LogP contribution in [0.1, 0.15) is 50.9 Å². The van der Waals surface area contributed by atoms with Gasteiger partial charge in [-0.15, -0.1) is 0 Å². The first-order valence-electron chi connectivity index (χ1n) is 11.0. The maximum Gasteiger partial charge on any atom is 0.407 e. The van der Waals surface area contributed by atoms with Gasteiger partial charge in [-0.2, -0.15) is 0 Å². The third kappa shape index (κ3) is 6.19. The smallest absolute Gasteiger partial charge is 0.407 e. The van der Waals surface area contributed by atoms with Gasteiger partial charge in [0.1, 0.15) is 5.60 Å². The zero-order chi connectivity index (χ0) is 25.9. The number of carbonyl (C=O) groups is 4. The number of ether oxygens (including phenoxy) is 1. The van der Waals surface area contributed by atoms with Gasteiger partial charge in [-0.05, 0) is 64.0 Å². The molecule has 1 aromatic heterocycles. The quantitative estimate of drug-likeness (QED) is 0.346. The number of aromatic nitrogens is 1. The highest BCUT2D eigenvalue weighted by Gasteiger charge is 2.28. The third-order valence-corrected chi connectivity index (χ3v) is 5.22. The van der Waals surface area contributed by atoms with E-state index in [1.165, 1.54) is 0 Å². The molecule has 0 aliphatic carbocycles. The largest absolute Gasteiger partial charge is 0.444 e. The summed E-state index contributed by atoms with van der Waals surface area (Å²) >= 11 is 0. The molecular formula is C24H30N6O5. The number of benzene rings is 1. The molecule has 35 heavy (non-hydrogen) atoms. The number of nitrogens with one attached hydrogen (secondary N) is 5. The predicted octanol–water partition coefficient (Wildman–Crippen LogP) is 3.55. The molecule has 5 amide bonds. The number of carbonyl (C=O) groups excluding carboxylic acids is 4. The molecule has 0 unspecified atom stereocenters. The highest BCUT2D eigenvalue weighted by molar-refractivity contribution is 6.36. The highest BCUT2D eigenvalue weighted by Crippen LogP contribution is 2.39. The van der Waals surface area contributed by atoms with Gasteiger partial charge in [-0.1, -0.05) is 0 Å². The van der Waals surface area contributed by atoms with E-state index in [9.17, 15) is 19.2 Å². The number of alkyl carbamates (subject to hydrolysis) is 1. The Kier molecular flexibility index (Phi) is 7.18. The predicted molar refractivity (Wildman–Crippen MR) is 134 cm³/mol. The summed E-state index contributed by atoms with van der Waals surface area (Å²) in [6.45, 7) is 9.02. The standard InChI is InChI=1S/C24H30N6O5/c1-12-17(29-18(31)8-9-26-23(34)35-24(3,4)5)11-27-20(12)13(2)19-15-10-14(28-22(25)33)6-7-16(15)30-21(19)32/h6-7,10-11,27H,8-9H2,1-5H3,(H,26,34)(H,29,31)(H,30,32)(H3,25,28,33). The number of hydrogen-bond acceptors (Lipinski definition) is 5. The first kappa shape index (κ1) is 25.3. The van der Waals surface area contributed by atoms with E-state index in [0.29, 0.717) is 39.5 Å². The van der Waals surface area contributed by atoms with Crippen LogP contribution < -0.4 is 27.0 Å². The Labute approximate surface area is 202 Å². The van der Waals surface area contributed by atoms with Crippen molar-refractivity contribution in [3.63, 3.8) is 0 Å². The van der Waals surface area contributed by atoms with Gasteiger partial charge in [0.25, 0.3) is 5.91 Å². The minimum absolute atomic E-state index is 0.0602. The van der Waals surface area contributed by atoms with Gasteiger partial charge >= 0.3 is 12.1 Å². The Bertz CT molecular complexity index is 1220. The number of amides is 5. The summed E-state index contributed by atoms with van der Waals surface area (Å²) in [4.78, 5) is 51.1. The Morgan fingerprint density at radius 3 is 2.51 bits per heavy atom. The van der Waals surface area contributed by atoms with E-state index in [1.807, 2.05) is 6.92 Å². The molecule has 0 spiro atoms. The molecule has 3 rings (SSSR count). The number of urea groups is 1. The normalized spacial score (nSPS) is 14.0. The number of primary amides is 1. The summed E-state index contributed by atoms with van der Waals surface area (Å²) in [5, 5.41) is 10.7. The van der Waals surface area contributed by atoms with Crippen LogP contribution in [0.2, 0.25) is 0 Å². The summed E-state index contributed by atoms with van der Waals surface area (Å²) in [5.74, 6) is -0.562. The first-order chi connectivity index (χ1) is 16.4. The van der Waals surface area contributed by atoms with Crippen LogP contribution in [-0.2, 0) is 14.3 Å². The van der Waals surface area contributed by atoms with Gasteiger partial charge in [-0.25, -0.2) is 9.59 Å². The van der Waals surface area contributed by atoms with Gasteiger partial charge in [-0.3, -0.25) is 9.59 Å². The summed E-state index contributed by atoms with van der Waals surface area (Å²) in [6, 6.07) is 4.31. The number of hydrogen-bond donors (Lipinski definition) is 6. The average Bonchev–Trinajstić information content (AvgIpc) is 3.24. The molecule has 2 aromatic rings. The third-order valence-electron chi connectivity index (χ3n) is 5.22. The highest BCUT2D eigenvalue weighted by atomic mass is 16.6. The SMILES string of the molecule is CC(=C1C(=O)Nc2ccc(NC(N)=O)cc21)c1[nH]cc(NC(=O)CCNC(=O)OC(C)(C)C)c1C. The number of nitrogens with two attached hydrogens (primary N) is 1. The van der Waals surface area contributed by atoms with Crippen molar-refractivity contribution in [2.45, 2.75) is 46.6 Å². The molecule has 0 radical (unpaired) electrons. The van der Waals surface area contributed by atoms with Gasteiger partial charge in [0, 0.05) is 41.8 Å². The Morgan fingerprint density at radius 2 is 1.86 bits per heavy atom. The summed E-state index contributed by atoms with van der Waals surface area (Å²) < 4.78 is 5.14. The zero-order valence-electron chi connectivity index (χ0n) is 20.3. The van der Waals surface area contributed by atoms with Crippen molar-refractivity contribution in [3.8, 4) is 0 Å². The molecule has 1 aliphatic rings. The number of allylic oxidation sites excluding steroid dienone is 1. The van der Waals surface area contributed by atoms with Crippen LogP contribution in [-0.4, -0.2) is 41.1 Å². The van der Waals surface area contributed by atoms with Gasteiger partial charge in [0.15, 0.2) is 0 Å². The van der Waals surface area contributed by atoms with Crippen molar-refractivity contribution in [3.05, 3.63) is 41.2 Å². The van der Waals surface area contributed by atoms with Crippen molar-refractivity contribution >= 4 is 52.1 Å². The summed E-state index contributed by atoms with van der Waals surface area (Å²) in [7, 11) is 0. The number of anilines is 3. The van der Waals surface area contributed by atoms with Crippen LogP contribution in [0, 0.1) is 6.92 Å². The second-order valence-electron chi connectivity index (χ2n) is 9.13. The fourth-order valence-corrected chi connectivity index (χ4v) is 3.70. The number of fused-ring (bicyclic) bond motifs is 1. The van der Waals surface area contributed by atoms with Crippen LogP contribution >= 0.6 is 0 Å². The maximum absolute atomic E-state index is 12.7. The van der Waals surface area contributed by atoms with Crippen LogP contribution in [0.5, 0.6) is 0 Å². The lowest BCUT2D eigenvalue weighted by atomic mass is 9.98. The van der Waals surface area contributed by atoms with E-state index in [4.69, 9.17) is 10.5 Å². The fourth-order valence-electron chi connectivity index (χ4n) is 3.70. The maximum atomic E-state index is 12.7. The Morgan fingerprint density at radius 1 is 1.14 bits per heavy atom. The van der Waals surface area contributed by atoms with E-state index < -0.39 is 17.7 Å². The van der Waals surface area contributed by atoms with E-state index in [-0.39, 0.29) is 24.8 Å². The lowest BCUT2D eigenvalue weighted by Gasteiger charge is -2.19. The van der Waals surface area contributed by atoms with Gasteiger partial charge in [0.2, 0.25) is 5.91 Å². The average molecular weight is 483 g/mol. The second-order valence-corrected chi connectivity index (χ2v) is 9.13. The van der Waals surface area contributed by atoms with E-state index >= 15 is 0 Å². The fraction of sp³-hybridized carbons (Fsp3) is 0.333. The van der Waals surface area contributed by atoms with Crippen LogP contribution in [0.15, 0.2) is 24.4 Å². The Hall–Kier alpha value is -4.28. The number of H-pyrrole nitrogens is 1. The minimum atomic E-state index is -0.702. The van der Waals surface area contributed by atoms with Crippen LogP contribution in [0.25, 0.3) is 11.1 Å². The zero-order valence-corrected chi connectivity index (χ0v) is 20.3. The number of aromatic amines is 1. The molecule has 0 atom stereocenters. The second kappa shape index (κ2) is 9.92. The van der Waals surface area contributed by atoms with E-state index in [1.54, 1.807) is 52.1 Å². The molecule has 186 valence electrons. The van der Waals surface area contributed by atoms with Crippen LogP contribution in [0.3, 0.4) is 0 Å². The molecule has 7 N–H and O–H groups in total. The van der Waals surface area contributed by atoms with Crippen molar-refractivity contribution < 1.29 is 23.9 Å². The molecule has 11 nitrogen and oxygen atoms in total. The van der Waals surface area contributed by atoms with E-state index in [2.05, 4.69) is 26.3 Å². The molecule has 1 aliphatic heterocycles. The molecule has 2 heterocycles. The lowest BCUT2D eigenvalue weighted by molar-refractivity contribution is -0.116. The summed E-state index contributed by atoms with van der Waals surface area (Å²) in [6.07, 6.45) is 1.12. The van der Waals surface area contributed by atoms with Crippen molar-refractivity contribution in [1.82, 2.24) is 10.3 Å². The monoisotopic (exact) mass is 482 g/mol. The van der Waals surface area contributed by atoms with E-state index in [0.717, 1.165) is 5.56 Å². The molecule has 0 saturated heterocycles. The van der Waals surface area contributed by atoms with Gasteiger partial charge < -0.3 is 36.7 Å². The van der Waals surface area contributed by atoms with Crippen molar-refractivity contribution in [1.29, 1.82) is 0 Å². The van der Waals surface area contributed by atoms with Gasteiger partial charge in [0.05, 0.1) is 11.3 Å². The van der Waals surface area contributed by atoms with Crippen LogP contribution in [0.4, 0.5) is 26.7 Å². The molecule has 0 saturated carbocycles.